The van der Waals surface area contributed by atoms with Crippen molar-refractivity contribution in [3.63, 3.8) is 0 Å². The normalized spacial score (nSPS) is 27.3. The molecule has 21 heavy (non-hydrogen) atoms. The van der Waals surface area contributed by atoms with Crippen LogP contribution in [0.5, 0.6) is 0 Å². The Morgan fingerprint density at radius 2 is 2.14 bits per heavy atom. The lowest BCUT2D eigenvalue weighted by Gasteiger charge is -2.35. The van der Waals surface area contributed by atoms with Gasteiger partial charge < -0.3 is 9.64 Å². The van der Waals surface area contributed by atoms with Crippen LogP contribution >= 0.6 is 11.6 Å². The van der Waals surface area contributed by atoms with Gasteiger partial charge in [0.05, 0.1) is 6.04 Å². The number of halogens is 1. The maximum absolute atomic E-state index is 12.7. The summed E-state index contributed by atoms with van der Waals surface area (Å²) in [4.78, 5) is 14.7. The van der Waals surface area contributed by atoms with Crippen molar-refractivity contribution < 1.29 is 9.53 Å². The van der Waals surface area contributed by atoms with Crippen molar-refractivity contribution in [1.82, 2.24) is 10.2 Å². The maximum atomic E-state index is 12.7. The molecule has 2 aliphatic heterocycles. The van der Waals surface area contributed by atoms with Crippen LogP contribution in [0.3, 0.4) is 0 Å². The zero-order valence-corrected chi connectivity index (χ0v) is 13.0. The number of hydrogen-bond donors (Lipinski definition) is 1. The molecule has 0 bridgehead atoms. The molecule has 2 aliphatic rings. The third kappa shape index (κ3) is 2.93. The highest BCUT2D eigenvalue weighted by molar-refractivity contribution is 6.30. The van der Waals surface area contributed by atoms with Crippen LogP contribution in [0.1, 0.15) is 37.9 Å². The average Bonchev–Trinajstić information content (AvgIpc) is 2.85. The molecule has 2 unspecified atom stereocenters. The summed E-state index contributed by atoms with van der Waals surface area (Å²) in [6, 6.07) is 7.91. The van der Waals surface area contributed by atoms with Crippen molar-refractivity contribution in [2.45, 2.75) is 44.4 Å². The van der Waals surface area contributed by atoms with Crippen molar-refractivity contribution in [3.05, 3.63) is 34.9 Å². The van der Waals surface area contributed by atoms with Crippen LogP contribution in [-0.4, -0.2) is 36.1 Å². The minimum absolute atomic E-state index is 0.0794. The van der Waals surface area contributed by atoms with Crippen molar-refractivity contribution in [2.24, 2.45) is 0 Å². The van der Waals surface area contributed by atoms with Crippen LogP contribution in [0.2, 0.25) is 5.02 Å². The molecular weight excluding hydrogens is 288 g/mol. The minimum Gasteiger partial charge on any atom is -0.381 e. The number of carbonyl (C=O) groups is 1. The Labute approximate surface area is 130 Å². The summed E-state index contributed by atoms with van der Waals surface area (Å²) >= 11 is 6.11. The van der Waals surface area contributed by atoms with Crippen molar-refractivity contribution in [1.29, 1.82) is 0 Å². The van der Waals surface area contributed by atoms with Crippen LogP contribution in [0.25, 0.3) is 0 Å². The van der Waals surface area contributed by atoms with Gasteiger partial charge in [0.2, 0.25) is 5.91 Å². The quantitative estimate of drug-likeness (QED) is 0.933. The van der Waals surface area contributed by atoms with Gasteiger partial charge in [-0.2, -0.15) is 0 Å². The van der Waals surface area contributed by atoms with Crippen LogP contribution in [0, 0.1) is 0 Å². The van der Waals surface area contributed by atoms with E-state index in [9.17, 15) is 4.79 Å². The lowest BCUT2D eigenvalue weighted by atomic mass is 10.0. The first-order valence-electron chi connectivity index (χ1n) is 7.62. The average molecular weight is 309 g/mol. The Hall–Kier alpha value is -1.10. The Balaban J connectivity index is 1.90. The van der Waals surface area contributed by atoms with Gasteiger partial charge in [0.15, 0.2) is 0 Å². The largest absolute Gasteiger partial charge is 0.381 e. The summed E-state index contributed by atoms with van der Waals surface area (Å²) in [7, 11) is 0. The first kappa shape index (κ1) is 14.8. The molecule has 1 N–H and O–H groups in total. The highest BCUT2D eigenvalue weighted by Crippen LogP contribution is 2.32. The fourth-order valence-electron chi connectivity index (χ4n) is 3.23. The molecule has 2 atom stereocenters. The Morgan fingerprint density at radius 1 is 1.38 bits per heavy atom. The lowest BCUT2D eigenvalue weighted by Crippen LogP contribution is -2.43. The summed E-state index contributed by atoms with van der Waals surface area (Å²) in [6.45, 7) is 3.50. The van der Waals surface area contributed by atoms with E-state index in [-0.39, 0.29) is 24.2 Å². The molecular formula is C16H21ClN2O2. The Kier molecular flexibility index (Phi) is 4.48. The second-order valence-corrected chi connectivity index (χ2v) is 6.11. The van der Waals surface area contributed by atoms with E-state index in [0.29, 0.717) is 5.02 Å². The Morgan fingerprint density at radius 3 is 2.81 bits per heavy atom. The molecule has 3 rings (SSSR count). The van der Waals surface area contributed by atoms with E-state index in [0.717, 1.165) is 38.0 Å². The first-order valence-corrected chi connectivity index (χ1v) is 8.00. The number of rotatable bonds is 3. The second-order valence-electron chi connectivity index (χ2n) is 5.67. The van der Waals surface area contributed by atoms with Crippen molar-refractivity contribution in [3.8, 4) is 0 Å². The third-order valence-corrected chi connectivity index (χ3v) is 4.58. The number of nitrogens with zero attached hydrogens (tertiary/aromatic N) is 1. The number of carbonyl (C=O) groups excluding carboxylic acids is 1. The van der Waals surface area contributed by atoms with Gasteiger partial charge in [0.25, 0.3) is 0 Å². The molecule has 0 aliphatic carbocycles. The van der Waals surface area contributed by atoms with Gasteiger partial charge in [0.1, 0.15) is 6.17 Å². The van der Waals surface area contributed by atoms with Crippen molar-refractivity contribution in [2.75, 3.05) is 13.2 Å². The fraction of sp³-hybridized carbons (Fsp3) is 0.562. The summed E-state index contributed by atoms with van der Waals surface area (Å²) in [5.74, 6) is 0.203. The van der Waals surface area contributed by atoms with E-state index < -0.39 is 0 Å². The fourth-order valence-corrected chi connectivity index (χ4v) is 3.43. The predicted molar refractivity (Wildman–Crippen MR) is 82.1 cm³/mol. The second kappa shape index (κ2) is 6.34. The molecule has 2 saturated heterocycles. The molecule has 1 aromatic carbocycles. The monoisotopic (exact) mass is 308 g/mol. The standard InChI is InChI=1S/C16H21ClN2O2/c1-2-14-16(20)19(13-6-8-21-9-7-13)15(18-14)11-4-3-5-12(17)10-11/h3-5,10,13-15,18H,2,6-9H2,1H3. The minimum atomic E-state index is -0.100. The van der Waals surface area contributed by atoms with Crippen LogP contribution in [0.4, 0.5) is 0 Å². The summed E-state index contributed by atoms with van der Waals surface area (Å²) in [6.07, 6.45) is 2.53. The smallest absolute Gasteiger partial charge is 0.241 e. The number of amides is 1. The van der Waals surface area contributed by atoms with E-state index in [1.165, 1.54) is 0 Å². The van der Waals surface area contributed by atoms with E-state index in [1.54, 1.807) is 0 Å². The van der Waals surface area contributed by atoms with Gasteiger partial charge in [-0.15, -0.1) is 0 Å². The SMILES string of the molecule is CCC1NC(c2cccc(Cl)c2)N(C2CCOCC2)C1=O. The first-order chi connectivity index (χ1) is 10.2. The molecule has 1 amide bonds. The van der Waals surface area contributed by atoms with Gasteiger partial charge in [-0.05, 0) is 37.0 Å². The summed E-state index contributed by atoms with van der Waals surface area (Å²) in [5, 5.41) is 4.16. The number of hydrogen-bond acceptors (Lipinski definition) is 3. The van der Waals surface area contributed by atoms with E-state index in [1.807, 2.05) is 36.1 Å². The topological polar surface area (TPSA) is 41.6 Å². The third-order valence-electron chi connectivity index (χ3n) is 4.35. The molecule has 4 nitrogen and oxygen atoms in total. The van der Waals surface area contributed by atoms with Gasteiger partial charge in [-0.25, -0.2) is 0 Å². The number of ether oxygens (including phenoxy) is 1. The van der Waals surface area contributed by atoms with E-state index >= 15 is 0 Å². The molecule has 114 valence electrons. The number of nitrogens with one attached hydrogen (secondary N) is 1. The predicted octanol–water partition coefficient (Wildman–Crippen LogP) is 2.73. The molecule has 5 heteroatoms. The molecule has 0 spiro atoms. The number of benzene rings is 1. The van der Waals surface area contributed by atoms with E-state index in [4.69, 9.17) is 16.3 Å². The zero-order valence-electron chi connectivity index (χ0n) is 12.2. The summed E-state index contributed by atoms with van der Waals surface area (Å²) in [5.41, 5.74) is 1.05. The van der Waals surface area contributed by atoms with Gasteiger partial charge in [0, 0.05) is 24.3 Å². The highest BCUT2D eigenvalue weighted by atomic mass is 35.5. The molecule has 0 radical (unpaired) electrons. The van der Waals surface area contributed by atoms with Crippen LogP contribution < -0.4 is 5.32 Å². The molecule has 0 aromatic heterocycles. The zero-order chi connectivity index (χ0) is 14.8. The van der Waals surface area contributed by atoms with E-state index in [2.05, 4.69) is 5.32 Å². The van der Waals surface area contributed by atoms with Crippen LogP contribution in [-0.2, 0) is 9.53 Å². The lowest BCUT2D eigenvalue weighted by molar-refractivity contribution is -0.134. The van der Waals surface area contributed by atoms with Gasteiger partial charge >= 0.3 is 0 Å². The maximum Gasteiger partial charge on any atom is 0.241 e. The highest BCUT2D eigenvalue weighted by Gasteiger charge is 2.42. The summed E-state index contributed by atoms with van der Waals surface area (Å²) < 4.78 is 5.43. The Bertz CT molecular complexity index is 517. The molecule has 0 saturated carbocycles. The molecule has 2 heterocycles. The van der Waals surface area contributed by atoms with Gasteiger partial charge in [-0.3, -0.25) is 10.1 Å². The molecule has 1 aromatic rings. The molecule has 2 fully saturated rings. The van der Waals surface area contributed by atoms with Gasteiger partial charge in [-0.1, -0.05) is 30.7 Å². The van der Waals surface area contributed by atoms with Crippen molar-refractivity contribution >= 4 is 17.5 Å². The van der Waals surface area contributed by atoms with Crippen LogP contribution in [0.15, 0.2) is 24.3 Å².